The summed E-state index contributed by atoms with van der Waals surface area (Å²) in [5.74, 6) is 0.831. The predicted octanol–water partition coefficient (Wildman–Crippen LogP) is 0.769. The van der Waals surface area contributed by atoms with Gasteiger partial charge in [0.15, 0.2) is 14.6 Å². The Kier molecular flexibility index (Phi) is 6.83. The van der Waals surface area contributed by atoms with Gasteiger partial charge in [0, 0.05) is 32.4 Å². The number of sulfone groups is 1. The zero-order valence-corrected chi connectivity index (χ0v) is 18.1. The average Bonchev–Trinajstić information content (AvgIpc) is 2.98. The van der Waals surface area contributed by atoms with Crippen molar-refractivity contribution in [3.05, 3.63) is 23.2 Å². The zero-order valence-electron chi connectivity index (χ0n) is 16.5. The average molecular weight is 434 g/mol. The number of piperazine rings is 1. The molecule has 3 heterocycles. The molecule has 2 amide bonds. The van der Waals surface area contributed by atoms with Gasteiger partial charge in [-0.3, -0.25) is 9.59 Å². The third kappa shape index (κ3) is 4.06. The molecule has 0 atom stereocenters. The minimum absolute atomic E-state index is 0. The first-order valence-electron chi connectivity index (χ1n) is 9.22. The lowest BCUT2D eigenvalue weighted by atomic mass is 9.94. The minimum atomic E-state index is -3.54. The molecule has 0 radical (unpaired) electrons. The van der Waals surface area contributed by atoms with Crippen molar-refractivity contribution in [2.24, 2.45) is 0 Å². The first-order chi connectivity index (χ1) is 12.7. The fraction of sp³-hybridized carbons (Fsp3) is 0.667. The lowest BCUT2D eigenvalue weighted by molar-refractivity contribution is -0.136. The van der Waals surface area contributed by atoms with Crippen LogP contribution in [0, 0.1) is 13.8 Å². The first-order valence-corrected chi connectivity index (χ1v) is 11.1. The molecular formula is C18H28ClN3O5S. The van der Waals surface area contributed by atoms with Crippen LogP contribution >= 0.6 is 12.4 Å². The summed E-state index contributed by atoms with van der Waals surface area (Å²) in [6, 6.07) is 1.73. The highest BCUT2D eigenvalue weighted by Crippen LogP contribution is 2.30. The zero-order chi connectivity index (χ0) is 19.8. The number of hydrogen-bond acceptors (Lipinski definition) is 6. The maximum Gasteiger partial charge on any atom is 0.257 e. The van der Waals surface area contributed by atoms with Crippen LogP contribution in [0.15, 0.2) is 10.5 Å². The Labute approximate surface area is 171 Å². The second-order valence-electron chi connectivity index (χ2n) is 7.43. The van der Waals surface area contributed by atoms with E-state index in [-0.39, 0.29) is 37.1 Å². The lowest BCUT2D eigenvalue weighted by Gasteiger charge is -2.41. The van der Waals surface area contributed by atoms with Gasteiger partial charge in [0.05, 0.1) is 5.56 Å². The van der Waals surface area contributed by atoms with Crippen LogP contribution in [-0.2, 0) is 14.6 Å². The Bertz CT molecular complexity index is 837. The van der Waals surface area contributed by atoms with Crippen molar-refractivity contribution in [3.63, 3.8) is 0 Å². The Balaban J connectivity index is 0.00000280. The normalized spacial score (nSPS) is 19.8. The fourth-order valence-corrected chi connectivity index (χ4v) is 5.38. The van der Waals surface area contributed by atoms with Gasteiger partial charge in [-0.2, -0.15) is 0 Å². The Morgan fingerprint density at radius 2 is 1.61 bits per heavy atom. The van der Waals surface area contributed by atoms with E-state index in [0.717, 1.165) is 6.26 Å². The van der Waals surface area contributed by atoms with E-state index >= 15 is 0 Å². The van der Waals surface area contributed by atoms with Gasteiger partial charge < -0.3 is 19.5 Å². The Hall–Kier alpha value is -1.58. The van der Waals surface area contributed by atoms with Crippen LogP contribution in [-0.4, -0.2) is 80.3 Å². The molecule has 2 aliphatic rings. The number of carbonyl (C=O) groups excluding carboxylic acids is 2. The van der Waals surface area contributed by atoms with E-state index in [1.165, 1.54) is 0 Å². The van der Waals surface area contributed by atoms with Crippen LogP contribution in [0.25, 0.3) is 0 Å². The highest BCUT2D eigenvalue weighted by Gasteiger charge is 2.50. The van der Waals surface area contributed by atoms with Crippen LogP contribution in [0.1, 0.15) is 34.7 Å². The van der Waals surface area contributed by atoms with Gasteiger partial charge in [-0.05, 0) is 45.8 Å². The summed E-state index contributed by atoms with van der Waals surface area (Å²) in [5, 5.41) is 3.12. The van der Waals surface area contributed by atoms with Crippen LogP contribution in [0.2, 0.25) is 0 Å². The SMILES string of the molecule is Cc1cc(C(=O)N2CCN(C(=O)C3(S(C)(=O)=O)CCNCC3)CC2)c(C)o1.Cl. The van der Waals surface area contributed by atoms with E-state index < -0.39 is 14.6 Å². The largest absolute Gasteiger partial charge is 0.466 e. The molecule has 1 N–H and O–H groups in total. The minimum Gasteiger partial charge on any atom is -0.466 e. The predicted molar refractivity (Wildman–Crippen MR) is 108 cm³/mol. The van der Waals surface area contributed by atoms with E-state index in [9.17, 15) is 18.0 Å². The van der Waals surface area contributed by atoms with E-state index in [1.54, 1.807) is 29.7 Å². The van der Waals surface area contributed by atoms with Crippen molar-refractivity contribution in [3.8, 4) is 0 Å². The van der Waals surface area contributed by atoms with Crippen LogP contribution in [0.3, 0.4) is 0 Å². The number of furan rings is 1. The molecule has 0 saturated carbocycles. The van der Waals surface area contributed by atoms with Gasteiger partial charge in [0.1, 0.15) is 11.5 Å². The molecule has 1 aromatic rings. The summed E-state index contributed by atoms with van der Waals surface area (Å²) >= 11 is 0. The van der Waals surface area contributed by atoms with Crippen molar-refractivity contribution in [1.82, 2.24) is 15.1 Å². The van der Waals surface area contributed by atoms with E-state index in [1.807, 2.05) is 0 Å². The molecule has 0 spiro atoms. The quantitative estimate of drug-likeness (QED) is 0.755. The summed E-state index contributed by atoms with van der Waals surface area (Å²) in [6.45, 7) is 6.01. The number of amides is 2. The van der Waals surface area contributed by atoms with Gasteiger partial charge in [-0.15, -0.1) is 12.4 Å². The third-order valence-corrected chi connectivity index (χ3v) is 7.64. The fourth-order valence-electron chi connectivity index (χ4n) is 3.99. The summed E-state index contributed by atoms with van der Waals surface area (Å²) in [5.41, 5.74) is 0.540. The molecule has 8 nitrogen and oxygen atoms in total. The summed E-state index contributed by atoms with van der Waals surface area (Å²) in [7, 11) is -3.54. The summed E-state index contributed by atoms with van der Waals surface area (Å²) in [6.07, 6.45) is 1.73. The van der Waals surface area contributed by atoms with Crippen molar-refractivity contribution < 1.29 is 22.4 Å². The number of carbonyl (C=O) groups is 2. The highest BCUT2D eigenvalue weighted by molar-refractivity contribution is 7.92. The van der Waals surface area contributed by atoms with Crippen molar-refractivity contribution in [1.29, 1.82) is 0 Å². The first kappa shape index (κ1) is 22.7. The number of nitrogens with zero attached hydrogens (tertiary/aromatic N) is 2. The maximum absolute atomic E-state index is 13.1. The molecule has 10 heteroatoms. The van der Waals surface area contributed by atoms with Gasteiger partial charge in [-0.1, -0.05) is 0 Å². The molecule has 158 valence electrons. The Morgan fingerprint density at radius 3 is 2.07 bits per heavy atom. The van der Waals surface area contributed by atoms with Crippen LogP contribution < -0.4 is 5.32 Å². The monoisotopic (exact) mass is 433 g/mol. The van der Waals surface area contributed by atoms with Crippen molar-refractivity contribution in [2.45, 2.75) is 31.4 Å². The molecule has 0 unspecified atom stereocenters. The third-order valence-electron chi connectivity index (χ3n) is 5.64. The van der Waals surface area contributed by atoms with Crippen molar-refractivity contribution >= 4 is 34.1 Å². The molecule has 2 fully saturated rings. The highest BCUT2D eigenvalue weighted by atomic mass is 35.5. The number of halogens is 1. The van der Waals surface area contributed by atoms with E-state index in [2.05, 4.69) is 5.32 Å². The van der Waals surface area contributed by atoms with Gasteiger partial charge in [0.25, 0.3) is 5.91 Å². The molecule has 1 aromatic heterocycles. The maximum atomic E-state index is 13.1. The molecule has 0 aliphatic carbocycles. The van der Waals surface area contributed by atoms with Crippen LogP contribution in [0.5, 0.6) is 0 Å². The molecule has 2 aliphatic heterocycles. The second kappa shape index (κ2) is 8.42. The summed E-state index contributed by atoms with van der Waals surface area (Å²) < 4.78 is 29.0. The molecule has 3 rings (SSSR count). The van der Waals surface area contributed by atoms with E-state index in [0.29, 0.717) is 56.4 Å². The number of piperidine rings is 1. The molecule has 2 saturated heterocycles. The lowest BCUT2D eigenvalue weighted by Crippen LogP contribution is -2.61. The van der Waals surface area contributed by atoms with Gasteiger partial charge in [0.2, 0.25) is 5.91 Å². The molecule has 0 bridgehead atoms. The van der Waals surface area contributed by atoms with Gasteiger partial charge in [-0.25, -0.2) is 8.42 Å². The smallest absolute Gasteiger partial charge is 0.257 e. The van der Waals surface area contributed by atoms with Gasteiger partial charge >= 0.3 is 0 Å². The summed E-state index contributed by atoms with van der Waals surface area (Å²) in [4.78, 5) is 29.1. The Morgan fingerprint density at radius 1 is 1.07 bits per heavy atom. The van der Waals surface area contributed by atoms with Crippen LogP contribution in [0.4, 0.5) is 0 Å². The topological polar surface area (TPSA) is 99.9 Å². The second-order valence-corrected chi connectivity index (χ2v) is 9.75. The van der Waals surface area contributed by atoms with Crippen molar-refractivity contribution in [2.75, 3.05) is 45.5 Å². The number of nitrogens with one attached hydrogen (secondary N) is 1. The van der Waals surface area contributed by atoms with E-state index in [4.69, 9.17) is 4.42 Å². The molecular weight excluding hydrogens is 406 g/mol. The molecule has 28 heavy (non-hydrogen) atoms. The molecule has 0 aromatic carbocycles. The number of rotatable bonds is 3. The standard InChI is InChI=1S/C18H27N3O5S.ClH/c1-13-12-15(14(2)26-13)16(22)20-8-10-21(11-9-20)17(23)18(27(3,24)25)4-6-19-7-5-18;/h12,19H,4-11H2,1-3H3;1H. The number of hydrogen-bond donors (Lipinski definition) is 1. The number of aryl methyl sites for hydroxylation is 2.